The molecule has 0 fully saturated rings. The Morgan fingerprint density at radius 1 is 0.550 bits per heavy atom. The zero-order chi connectivity index (χ0) is 14.9. The Morgan fingerprint density at radius 2 is 0.900 bits per heavy atom. The quantitative estimate of drug-likeness (QED) is 0.309. The van der Waals surface area contributed by atoms with Gasteiger partial charge in [-0.1, -0.05) is 97.3 Å². The van der Waals surface area contributed by atoms with Crippen molar-refractivity contribution in [1.82, 2.24) is 0 Å². The summed E-state index contributed by atoms with van der Waals surface area (Å²) in [6.07, 6.45) is 19.5. The highest BCUT2D eigenvalue weighted by Gasteiger charge is 1.96. The molecule has 0 saturated carbocycles. The molecule has 0 rings (SSSR count). The summed E-state index contributed by atoms with van der Waals surface area (Å²) in [5.74, 6) is 1.76. The fourth-order valence-corrected chi connectivity index (χ4v) is 3.42. The summed E-state index contributed by atoms with van der Waals surface area (Å²) in [6.45, 7) is 4.29. The predicted molar refractivity (Wildman–Crippen MR) is 93.9 cm³/mol. The number of hydrogen-bond acceptors (Lipinski definition) is 1. The largest absolute Gasteiger partial charge is 0.260 e. The molecule has 1 nitrogen and oxygen atoms in total. The van der Waals surface area contributed by atoms with E-state index >= 15 is 0 Å². The lowest BCUT2D eigenvalue weighted by atomic mass is 10.0. The van der Waals surface area contributed by atoms with Gasteiger partial charge in [0.15, 0.2) is 0 Å². The minimum atomic E-state index is -0.543. The third-order valence-corrected chi connectivity index (χ3v) is 5.44. The summed E-state index contributed by atoms with van der Waals surface area (Å²) in [7, 11) is -0.543. The third-order valence-electron chi connectivity index (χ3n) is 4.05. The second-order valence-corrected chi connectivity index (χ2v) is 7.89. The fraction of sp³-hybridized carbons (Fsp3) is 1.00. The van der Waals surface area contributed by atoms with Gasteiger partial charge in [-0.3, -0.25) is 4.21 Å². The van der Waals surface area contributed by atoms with E-state index in [1.165, 1.54) is 83.5 Å². The van der Waals surface area contributed by atoms with Crippen molar-refractivity contribution >= 4 is 10.8 Å². The lowest BCUT2D eigenvalue weighted by molar-refractivity contribution is 0.538. The Bertz CT molecular complexity index is 204. The van der Waals surface area contributed by atoms with Gasteiger partial charge < -0.3 is 0 Å². The van der Waals surface area contributed by atoms with Crippen LogP contribution in [0.3, 0.4) is 0 Å². The van der Waals surface area contributed by atoms with Crippen molar-refractivity contribution in [3.63, 3.8) is 0 Å². The van der Waals surface area contributed by atoms with Gasteiger partial charge in [-0.25, -0.2) is 0 Å². The molecule has 0 heterocycles. The van der Waals surface area contributed by atoms with Crippen molar-refractivity contribution in [2.24, 2.45) is 0 Å². The first-order valence-electron chi connectivity index (χ1n) is 9.16. The molecule has 0 aromatic carbocycles. The maximum atomic E-state index is 11.2. The van der Waals surface area contributed by atoms with Gasteiger partial charge in [0.25, 0.3) is 0 Å². The SMILES string of the molecule is CCCCCCCCCCCCCCCCS(=O)CC. The minimum absolute atomic E-state index is 0.543. The summed E-state index contributed by atoms with van der Waals surface area (Å²) in [5, 5.41) is 0. The van der Waals surface area contributed by atoms with Gasteiger partial charge in [-0.2, -0.15) is 0 Å². The highest BCUT2D eigenvalue weighted by molar-refractivity contribution is 7.84. The normalized spacial score (nSPS) is 12.7. The Balaban J connectivity index is 2.97. The number of hydrogen-bond donors (Lipinski definition) is 0. The van der Waals surface area contributed by atoms with Crippen LogP contribution in [0.15, 0.2) is 0 Å². The second-order valence-electron chi connectivity index (χ2n) is 6.03. The summed E-state index contributed by atoms with van der Waals surface area (Å²) >= 11 is 0. The monoisotopic (exact) mass is 302 g/mol. The van der Waals surface area contributed by atoms with E-state index in [9.17, 15) is 4.21 Å². The van der Waals surface area contributed by atoms with Gasteiger partial charge in [0.1, 0.15) is 0 Å². The van der Waals surface area contributed by atoms with E-state index in [0.717, 1.165) is 17.9 Å². The maximum absolute atomic E-state index is 11.2. The molecule has 0 aromatic rings. The van der Waals surface area contributed by atoms with Gasteiger partial charge >= 0.3 is 0 Å². The van der Waals surface area contributed by atoms with Gasteiger partial charge in [0.05, 0.1) is 0 Å². The van der Waals surface area contributed by atoms with Crippen LogP contribution in [0.4, 0.5) is 0 Å². The lowest BCUT2D eigenvalue weighted by Crippen LogP contribution is -1.99. The average Bonchev–Trinajstić information content (AvgIpc) is 2.47. The minimum Gasteiger partial charge on any atom is -0.260 e. The van der Waals surface area contributed by atoms with Crippen LogP contribution in [0.1, 0.15) is 104 Å². The van der Waals surface area contributed by atoms with E-state index in [1.807, 2.05) is 6.92 Å². The third kappa shape index (κ3) is 16.2. The van der Waals surface area contributed by atoms with Crippen molar-refractivity contribution in [3.05, 3.63) is 0 Å². The molecule has 0 aliphatic heterocycles. The molecule has 2 heteroatoms. The highest BCUT2D eigenvalue weighted by atomic mass is 32.2. The van der Waals surface area contributed by atoms with E-state index < -0.39 is 10.8 Å². The van der Waals surface area contributed by atoms with Crippen LogP contribution in [0, 0.1) is 0 Å². The number of unbranched alkanes of at least 4 members (excludes halogenated alkanes) is 13. The average molecular weight is 303 g/mol. The van der Waals surface area contributed by atoms with Gasteiger partial charge in [-0.15, -0.1) is 0 Å². The summed E-state index contributed by atoms with van der Waals surface area (Å²) in [4.78, 5) is 0. The van der Waals surface area contributed by atoms with Crippen LogP contribution >= 0.6 is 0 Å². The first kappa shape index (κ1) is 20.1. The van der Waals surface area contributed by atoms with Gasteiger partial charge in [-0.05, 0) is 6.42 Å². The Hall–Kier alpha value is 0.150. The first-order chi connectivity index (χ1) is 9.81. The molecule has 20 heavy (non-hydrogen) atoms. The molecule has 0 N–H and O–H groups in total. The highest BCUT2D eigenvalue weighted by Crippen LogP contribution is 2.12. The van der Waals surface area contributed by atoms with Crippen LogP contribution in [0.5, 0.6) is 0 Å². The standard InChI is InChI=1S/C18H38OS/c1-3-5-6-7-8-9-10-11-12-13-14-15-16-17-18-20(19)4-2/h3-18H2,1-2H3. The molecule has 0 saturated heterocycles. The zero-order valence-corrected chi connectivity index (χ0v) is 14.9. The zero-order valence-electron chi connectivity index (χ0n) is 14.1. The molecule has 0 bridgehead atoms. The Labute approximate surface area is 130 Å². The van der Waals surface area contributed by atoms with Crippen LogP contribution in [0.2, 0.25) is 0 Å². The molecule has 0 aliphatic carbocycles. The van der Waals surface area contributed by atoms with E-state index in [-0.39, 0.29) is 0 Å². The first-order valence-corrected chi connectivity index (χ1v) is 10.6. The maximum Gasteiger partial charge on any atom is 0.0234 e. The predicted octanol–water partition coefficient (Wildman–Crippen LogP) is 6.24. The molecule has 1 atom stereocenters. The molecular formula is C18H38OS. The second kappa shape index (κ2) is 17.2. The summed E-state index contributed by atoms with van der Waals surface area (Å²) in [6, 6.07) is 0. The van der Waals surface area contributed by atoms with E-state index in [2.05, 4.69) is 6.92 Å². The molecule has 0 aromatic heterocycles. The van der Waals surface area contributed by atoms with E-state index in [1.54, 1.807) is 0 Å². The Morgan fingerprint density at radius 3 is 1.25 bits per heavy atom. The fourth-order valence-electron chi connectivity index (χ4n) is 2.60. The number of rotatable bonds is 16. The molecule has 0 radical (unpaired) electrons. The van der Waals surface area contributed by atoms with Crippen molar-refractivity contribution in [2.45, 2.75) is 104 Å². The van der Waals surface area contributed by atoms with E-state index in [4.69, 9.17) is 0 Å². The summed E-state index contributed by atoms with van der Waals surface area (Å²) < 4.78 is 11.2. The van der Waals surface area contributed by atoms with Crippen molar-refractivity contribution < 1.29 is 4.21 Å². The molecule has 0 aliphatic rings. The lowest BCUT2D eigenvalue weighted by Gasteiger charge is -2.03. The smallest absolute Gasteiger partial charge is 0.0234 e. The molecular weight excluding hydrogens is 264 g/mol. The van der Waals surface area contributed by atoms with Crippen LogP contribution < -0.4 is 0 Å². The van der Waals surface area contributed by atoms with Crippen molar-refractivity contribution in [2.75, 3.05) is 11.5 Å². The Kier molecular flexibility index (Phi) is 17.3. The molecule has 122 valence electrons. The molecule has 0 amide bonds. The van der Waals surface area contributed by atoms with Gasteiger partial charge in [0.2, 0.25) is 0 Å². The molecule has 1 unspecified atom stereocenters. The van der Waals surface area contributed by atoms with Crippen LogP contribution in [-0.4, -0.2) is 15.7 Å². The summed E-state index contributed by atoms with van der Waals surface area (Å²) in [5.41, 5.74) is 0. The topological polar surface area (TPSA) is 17.1 Å². The van der Waals surface area contributed by atoms with Crippen molar-refractivity contribution in [1.29, 1.82) is 0 Å². The van der Waals surface area contributed by atoms with Crippen LogP contribution in [0.25, 0.3) is 0 Å². The molecule has 0 spiro atoms. The van der Waals surface area contributed by atoms with Crippen molar-refractivity contribution in [3.8, 4) is 0 Å². The van der Waals surface area contributed by atoms with Crippen LogP contribution in [-0.2, 0) is 10.8 Å². The van der Waals surface area contributed by atoms with Gasteiger partial charge in [0, 0.05) is 22.3 Å². The van der Waals surface area contributed by atoms with E-state index in [0.29, 0.717) is 0 Å².